The largest absolute Gasteiger partial charge is 0.466 e. The van der Waals surface area contributed by atoms with Crippen molar-refractivity contribution in [2.75, 3.05) is 45.5 Å². The molecule has 1 aromatic carbocycles. The summed E-state index contributed by atoms with van der Waals surface area (Å²) in [6.45, 7) is 3.71. The Labute approximate surface area is 170 Å². The molecule has 0 N–H and O–H groups in total. The van der Waals surface area contributed by atoms with Gasteiger partial charge in [0.25, 0.3) is 5.91 Å². The average molecular weight is 402 g/mol. The van der Waals surface area contributed by atoms with Crippen molar-refractivity contribution in [3.8, 4) is 0 Å². The summed E-state index contributed by atoms with van der Waals surface area (Å²) in [6.07, 6.45) is 2.16. The zero-order valence-electron chi connectivity index (χ0n) is 17.0. The van der Waals surface area contributed by atoms with E-state index in [4.69, 9.17) is 14.2 Å². The van der Waals surface area contributed by atoms with Crippen molar-refractivity contribution in [2.24, 2.45) is 5.92 Å². The average Bonchev–Trinajstić information content (AvgIpc) is 2.77. The molecule has 0 radical (unpaired) electrons. The highest BCUT2D eigenvalue weighted by molar-refractivity contribution is 6.03. The van der Waals surface area contributed by atoms with Crippen molar-refractivity contribution in [2.45, 2.75) is 19.8 Å². The first-order valence-corrected chi connectivity index (χ1v) is 9.60. The van der Waals surface area contributed by atoms with Crippen molar-refractivity contribution in [1.29, 1.82) is 0 Å². The number of carbonyl (C=O) groups is 3. The van der Waals surface area contributed by atoms with Gasteiger partial charge in [-0.2, -0.15) is 0 Å². The van der Waals surface area contributed by atoms with E-state index < -0.39 is 11.9 Å². The van der Waals surface area contributed by atoms with E-state index >= 15 is 0 Å². The zero-order chi connectivity index (χ0) is 21.0. The minimum atomic E-state index is -0.656. The molecule has 0 aromatic heterocycles. The van der Waals surface area contributed by atoms with E-state index in [0.29, 0.717) is 17.2 Å². The van der Waals surface area contributed by atoms with E-state index in [9.17, 15) is 14.4 Å². The highest BCUT2D eigenvalue weighted by atomic mass is 16.5. The number of amides is 1. The number of ether oxygens (including phenoxy) is 3. The minimum absolute atomic E-state index is 0.00280. The van der Waals surface area contributed by atoms with Gasteiger partial charge in [-0.15, -0.1) is 0 Å². The molecule has 29 heavy (non-hydrogen) atoms. The number of rotatable bonds is 4. The van der Waals surface area contributed by atoms with Crippen LogP contribution in [0.1, 0.15) is 30.1 Å². The fourth-order valence-corrected chi connectivity index (χ4v) is 3.69. The molecule has 8 nitrogen and oxygen atoms in total. The lowest BCUT2D eigenvalue weighted by molar-refractivity contribution is -0.140. The third-order valence-electron chi connectivity index (χ3n) is 5.20. The Bertz CT molecular complexity index is 817. The lowest BCUT2D eigenvalue weighted by atomic mass is 9.99. The summed E-state index contributed by atoms with van der Waals surface area (Å²) in [5.41, 5.74) is 1.36. The molecule has 1 unspecified atom stereocenters. The van der Waals surface area contributed by atoms with E-state index in [-0.39, 0.29) is 30.5 Å². The number of hydrogen-bond donors (Lipinski definition) is 0. The van der Waals surface area contributed by atoms with Gasteiger partial charge in [0, 0.05) is 24.3 Å². The third-order valence-corrected chi connectivity index (χ3v) is 5.20. The third kappa shape index (κ3) is 4.42. The zero-order valence-corrected chi connectivity index (χ0v) is 17.0. The summed E-state index contributed by atoms with van der Waals surface area (Å²) in [5, 5.41) is 0. The number of hydrogen-bond acceptors (Lipinski definition) is 7. The number of benzene rings is 1. The van der Waals surface area contributed by atoms with Crippen molar-refractivity contribution in [1.82, 2.24) is 4.90 Å². The fourth-order valence-electron chi connectivity index (χ4n) is 3.69. The van der Waals surface area contributed by atoms with Gasteiger partial charge < -0.3 is 24.0 Å². The van der Waals surface area contributed by atoms with Crippen LogP contribution in [-0.4, -0.2) is 63.4 Å². The first-order chi connectivity index (χ1) is 14.0. The molecule has 1 saturated heterocycles. The second kappa shape index (κ2) is 9.09. The Balaban J connectivity index is 1.86. The number of anilines is 1. The van der Waals surface area contributed by atoms with E-state index in [1.807, 2.05) is 4.90 Å². The van der Waals surface area contributed by atoms with E-state index in [1.54, 1.807) is 29.2 Å². The molecule has 2 heterocycles. The maximum atomic E-state index is 12.8. The van der Waals surface area contributed by atoms with Gasteiger partial charge in [0.2, 0.25) is 0 Å². The Hall–Kier alpha value is -2.87. The lowest BCUT2D eigenvalue weighted by Crippen LogP contribution is -2.39. The number of methoxy groups -OCH3 is 2. The van der Waals surface area contributed by atoms with Gasteiger partial charge in [-0.05, 0) is 43.0 Å². The van der Waals surface area contributed by atoms with Crippen LogP contribution in [0.25, 0.3) is 0 Å². The Kier molecular flexibility index (Phi) is 6.53. The molecule has 3 rings (SSSR count). The van der Waals surface area contributed by atoms with Gasteiger partial charge in [-0.3, -0.25) is 4.79 Å². The molecule has 0 bridgehead atoms. The van der Waals surface area contributed by atoms with Gasteiger partial charge in [-0.1, -0.05) is 6.92 Å². The molecule has 0 saturated carbocycles. The van der Waals surface area contributed by atoms with Crippen LogP contribution in [-0.2, 0) is 23.8 Å². The molecule has 8 heteroatoms. The highest BCUT2D eigenvalue weighted by Gasteiger charge is 2.32. The number of carbonyl (C=O) groups excluding carboxylic acids is 3. The van der Waals surface area contributed by atoms with Crippen LogP contribution in [0.2, 0.25) is 0 Å². The molecule has 1 aromatic rings. The molecule has 1 atom stereocenters. The SMILES string of the molecule is COC(=O)C1=C(C(=O)OC)N(c2ccc(C(=O)N3CCCC(C)C3)cc2)COC1. The number of nitrogens with zero attached hydrogens (tertiary/aromatic N) is 2. The maximum absolute atomic E-state index is 12.8. The Morgan fingerprint density at radius 3 is 2.38 bits per heavy atom. The quantitative estimate of drug-likeness (QED) is 0.712. The lowest BCUT2D eigenvalue weighted by Gasteiger charge is -2.32. The summed E-state index contributed by atoms with van der Waals surface area (Å²) >= 11 is 0. The molecule has 156 valence electrons. The van der Waals surface area contributed by atoms with Gasteiger partial charge in [0.05, 0.1) is 26.4 Å². The van der Waals surface area contributed by atoms with Crippen molar-refractivity contribution >= 4 is 23.5 Å². The first kappa shape index (κ1) is 20.9. The number of esters is 2. The second-order valence-corrected chi connectivity index (χ2v) is 7.26. The van der Waals surface area contributed by atoms with Gasteiger partial charge in [-0.25, -0.2) is 9.59 Å². The summed E-state index contributed by atoms with van der Waals surface area (Å²) in [7, 11) is 2.49. The summed E-state index contributed by atoms with van der Waals surface area (Å²) in [6, 6.07) is 6.90. The standard InChI is InChI=1S/C21H26N2O6/c1-14-5-4-10-22(11-14)19(24)15-6-8-16(9-7-15)23-13-29-12-17(20(25)27-2)18(23)21(26)28-3/h6-9,14H,4-5,10-13H2,1-3H3. The molecular formula is C21H26N2O6. The van der Waals surface area contributed by atoms with E-state index in [0.717, 1.165) is 25.9 Å². The van der Waals surface area contributed by atoms with Crippen molar-refractivity contribution < 1.29 is 28.6 Å². The highest BCUT2D eigenvalue weighted by Crippen LogP contribution is 2.27. The molecule has 1 amide bonds. The molecular weight excluding hydrogens is 376 g/mol. The van der Waals surface area contributed by atoms with Crippen molar-refractivity contribution in [3.63, 3.8) is 0 Å². The van der Waals surface area contributed by atoms with E-state index in [2.05, 4.69) is 6.92 Å². The Morgan fingerprint density at radius 1 is 1.07 bits per heavy atom. The van der Waals surface area contributed by atoms with Gasteiger partial charge >= 0.3 is 11.9 Å². The van der Waals surface area contributed by atoms with Crippen molar-refractivity contribution in [3.05, 3.63) is 41.1 Å². The Morgan fingerprint density at radius 2 is 1.76 bits per heavy atom. The molecule has 2 aliphatic heterocycles. The second-order valence-electron chi connectivity index (χ2n) is 7.26. The first-order valence-electron chi connectivity index (χ1n) is 9.60. The summed E-state index contributed by atoms with van der Waals surface area (Å²) in [5.74, 6) is -0.809. The normalized spacial score (nSPS) is 19.8. The number of likely N-dealkylation sites (tertiary alicyclic amines) is 1. The molecule has 2 aliphatic rings. The van der Waals surface area contributed by atoms with Crippen LogP contribution >= 0.6 is 0 Å². The van der Waals surface area contributed by atoms with Crippen LogP contribution in [0, 0.1) is 5.92 Å². The number of piperidine rings is 1. The van der Waals surface area contributed by atoms with Gasteiger partial charge in [0.1, 0.15) is 12.4 Å². The predicted molar refractivity (Wildman–Crippen MR) is 105 cm³/mol. The molecule has 0 spiro atoms. The van der Waals surface area contributed by atoms with Gasteiger partial charge in [0.15, 0.2) is 0 Å². The molecule has 0 aliphatic carbocycles. The minimum Gasteiger partial charge on any atom is -0.466 e. The van der Waals surface area contributed by atoms with E-state index in [1.165, 1.54) is 14.2 Å². The fraction of sp³-hybridized carbons (Fsp3) is 0.476. The summed E-state index contributed by atoms with van der Waals surface area (Å²) < 4.78 is 15.1. The van der Waals surface area contributed by atoms with Crippen LogP contribution in [0.5, 0.6) is 0 Å². The predicted octanol–water partition coefficient (Wildman–Crippen LogP) is 1.95. The monoisotopic (exact) mass is 402 g/mol. The summed E-state index contributed by atoms with van der Waals surface area (Å²) in [4.78, 5) is 40.6. The van der Waals surface area contributed by atoms with Crippen LogP contribution in [0.4, 0.5) is 5.69 Å². The van der Waals surface area contributed by atoms with Crippen LogP contribution in [0.15, 0.2) is 35.5 Å². The van der Waals surface area contributed by atoms with Crippen LogP contribution in [0.3, 0.4) is 0 Å². The maximum Gasteiger partial charge on any atom is 0.355 e. The molecule has 1 fully saturated rings. The topological polar surface area (TPSA) is 85.4 Å². The smallest absolute Gasteiger partial charge is 0.355 e. The van der Waals surface area contributed by atoms with Crippen LogP contribution < -0.4 is 4.90 Å².